The van der Waals surface area contributed by atoms with Crippen molar-refractivity contribution in [3.05, 3.63) is 22.4 Å². The molecule has 0 amide bonds. The lowest BCUT2D eigenvalue weighted by Gasteiger charge is -2.21. The topological polar surface area (TPSA) is 46.2 Å². The molecule has 0 fully saturated rings. The Labute approximate surface area is 70.7 Å². The molecular weight excluding hydrogens is 158 g/mol. The van der Waals surface area contributed by atoms with Gasteiger partial charge in [-0.2, -0.15) is 0 Å². The van der Waals surface area contributed by atoms with Crippen LogP contribution in [0.2, 0.25) is 0 Å². The molecule has 3 N–H and O–H groups in total. The Bertz CT molecular complexity index is 206. The summed E-state index contributed by atoms with van der Waals surface area (Å²) in [5, 5.41) is 10.7. The van der Waals surface area contributed by atoms with Gasteiger partial charge >= 0.3 is 0 Å². The molecular formula is C8H13NOS. The maximum absolute atomic E-state index is 8.73. The molecule has 2 nitrogen and oxygen atoms in total. The van der Waals surface area contributed by atoms with E-state index < -0.39 is 0 Å². The van der Waals surface area contributed by atoms with Crippen LogP contribution in [0.5, 0.6) is 0 Å². The first-order chi connectivity index (χ1) is 5.17. The predicted octanol–water partition coefficient (Wildman–Crippen LogP) is 1.30. The molecule has 0 aliphatic carbocycles. The number of hydrogen-bond acceptors (Lipinski definition) is 3. The van der Waals surface area contributed by atoms with Crippen molar-refractivity contribution in [3.63, 3.8) is 0 Å². The van der Waals surface area contributed by atoms with Crippen molar-refractivity contribution >= 4 is 11.3 Å². The van der Waals surface area contributed by atoms with E-state index in [0.717, 1.165) is 4.88 Å². The number of aliphatic hydroxyl groups is 1. The highest BCUT2D eigenvalue weighted by molar-refractivity contribution is 7.10. The Balaban J connectivity index is 2.73. The Morgan fingerprint density at radius 3 is 2.91 bits per heavy atom. The summed E-state index contributed by atoms with van der Waals surface area (Å²) in [6, 6.07) is 3.98. The standard InChI is InChI=1S/C8H13NOS/c1-8(9,4-5-10)7-3-2-6-11-7/h2-3,6,10H,4-5,9H2,1H3/t8-/m1/s1. The van der Waals surface area contributed by atoms with E-state index in [4.69, 9.17) is 10.8 Å². The van der Waals surface area contributed by atoms with E-state index in [2.05, 4.69) is 0 Å². The summed E-state index contributed by atoms with van der Waals surface area (Å²) < 4.78 is 0. The lowest BCUT2D eigenvalue weighted by molar-refractivity contribution is 0.249. The third-order valence-electron chi connectivity index (χ3n) is 1.72. The molecule has 0 aliphatic heterocycles. The second kappa shape index (κ2) is 3.34. The van der Waals surface area contributed by atoms with Crippen molar-refractivity contribution < 1.29 is 5.11 Å². The molecule has 0 saturated carbocycles. The Morgan fingerprint density at radius 2 is 2.45 bits per heavy atom. The zero-order chi connectivity index (χ0) is 8.32. The van der Waals surface area contributed by atoms with Crippen molar-refractivity contribution in [1.82, 2.24) is 0 Å². The zero-order valence-electron chi connectivity index (χ0n) is 6.58. The highest BCUT2D eigenvalue weighted by Gasteiger charge is 2.20. The smallest absolute Gasteiger partial charge is 0.0497 e. The van der Waals surface area contributed by atoms with Crippen molar-refractivity contribution in [2.75, 3.05) is 6.61 Å². The minimum atomic E-state index is -0.358. The largest absolute Gasteiger partial charge is 0.396 e. The summed E-state index contributed by atoms with van der Waals surface area (Å²) >= 11 is 1.63. The maximum atomic E-state index is 8.73. The third kappa shape index (κ3) is 2.02. The number of hydrogen-bond donors (Lipinski definition) is 2. The molecule has 0 radical (unpaired) electrons. The van der Waals surface area contributed by atoms with Crippen LogP contribution in [0.25, 0.3) is 0 Å². The Morgan fingerprint density at radius 1 is 1.73 bits per heavy atom. The van der Waals surface area contributed by atoms with E-state index in [1.54, 1.807) is 11.3 Å². The number of rotatable bonds is 3. The summed E-state index contributed by atoms with van der Waals surface area (Å²) in [5.74, 6) is 0. The van der Waals surface area contributed by atoms with Gasteiger partial charge in [0.25, 0.3) is 0 Å². The number of thiophene rings is 1. The van der Waals surface area contributed by atoms with Gasteiger partial charge in [-0.25, -0.2) is 0 Å². The molecule has 0 saturated heterocycles. The normalized spacial score (nSPS) is 16.3. The second-order valence-corrected chi connectivity index (χ2v) is 3.82. The monoisotopic (exact) mass is 171 g/mol. The fraction of sp³-hybridized carbons (Fsp3) is 0.500. The number of aliphatic hydroxyl groups excluding tert-OH is 1. The van der Waals surface area contributed by atoms with Gasteiger partial charge in [0.15, 0.2) is 0 Å². The maximum Gasteiger partial charge on any atom is 0.0497 e. The van der Waals surface area contributed by atoms with E-state index in [0.29, 0.717) is 6.42 Å². The van der Waals surface area contributed by atoms with Crippen LogP contribution in [0.4, 0.5) is 0 Å². The molecule has 3 heteroatoms. The van der Waals surface area contributed by atoms with Crippen LogP contribution < -0.4 is 5.73 Å². The summed E-state index contributed by atoms with van der Waals surface area (Å²) in [6.45, 7) is 2.08. The summed E-state index contributed by atoms with van der Waals surface area (Å²) in [6.07, 6.45) is 0.619. The van der Waals surface area contributed by atoms with Gasteiger partial charge in [0.1, 0.15) is 0 Å². The van der Waals surface area contributed by atoms with Gasteiger partial charge in [0, 0.05) is 17.0 Å². The molecule has 1 aromatic rings. The lowest BCUT2D eigenvalue weighted by Crippen LogP contribution is -2.32. The number of nitrogens with two attached hydrogens (primary N) is 1. The average molecular weight is 171 g/mol. The van der Waals surface area contributed by atoms with Crippen LogP contribution in [0.1, 0.15) is 18.2 Å². The van der Waals surface area contributed by atoms with Gasteiger partial charge in [-0.1, -0.05) is 6.07 Å². The van der Waals surface area contributed by atoms with Gasteiger partial charge in [0.2, 0.25) is 0 Å². The second-order valence-electron chi connectivity index (χ2n) is 2.87. The van der Waals surface area contributed by atoms with Crippen LogP contribution >= 0.6 is 11.3 Å². The van der Waals surface area contributed by atoms with E-state index in [-0.39, 0.29) is 12.1 Å². The zero-order valence-corrected chi connectivity index (χ0v) is 7.40. The van der Waals surface area contributed by atoms with Crippen molar-refractivity contribution in [2.45, 2.75) is 18.9 Å². The summed E-state index contributed by atoms with van der Waals surface area (Å²) in [4.78, 5) is 1.13. The first-order valence-electron chi connectivity index (χ1n) is 3.60. The van der Waals surface area contributed by atoms with Crippen molar-refractivity contribution in [3.8, 4) is 0 Å². The average Bonchev–Trinajstić information content (AvgIpc) is 2.37. The molecule has 1 atom stereocenters. The highest BCUT2D eigenvalue weighted by atomic mass is 32.1. The fourth-order valence-corrected chi connectivity index (χ4v) is 1.79. The molecule has 0 spiro atoms. The molecule has 1 heterocycles. The summed E-state index contributed by atoms with van der Waals surface area (Å²) in [7, 11) is 0. The SMILES string of the molecule is C[C@@](N)(CCO)c1cccs1. The first-order valence-corrected chi connectivity index (χ1v) is 4.48. The quantitative estimate of drug-likeness (QED) is 0.720. The minimum Gasteiger partial charge on any atom is -0.396 e. The van der Waals surface area contributed by atoms with Gasteiger partial charge in [-0.15, -0.1) is 11.3 Å². The molecule has 1 aromatic heterocycles. The molecule has 1 rings (SSSR count). The molecule has 11 heavy (non-hydrogen) atoms. The first kappa shape index (κ1) is 8.71. The predicted molar refractivity (Wildman–Crippen MR) is 47.6 cm³/mol. The molecule has 0 bridgehead atoms. The van der Waals surface area contributed by atoms with Crippen LogP contribution in [-0.2, 0) is 5.54 Å². The van der Waals surface area contributed by atoms with Crippen molar-refractivity contribution in [1.29, 1.82) is 0 Å². The highest BCUT2D eigenvalue weighted by Crippen LogP contribution is 2.25. The lowest BCUT2D eigenvalue weighted by atomic mass is 9.98. The van der Waals surface area contributed by atoms with Crippen LogP contribution in [0.15, 0.2) is 17.5 Å². The van der Waals surface area contributed by atoms with E-state index in [1.165, 1.54) is 0 Å². The Kier molecular flexibility index (Phi) is 2.65. The van der Waals surface area contributed by atoms with Gasteiger partial charge in [-0.3, -0.25) is 0 Å². The van der Waals surface area contributed by atoms with E-state index in [1.807, 2.05) is 24.4 Å². The van der Waals surface area contributed by atoms with E-state index >= 15 is 0 Å². The molecule has 0 aliphatic rings. The van der Waals surface area contributed by atoms with Crippen molar-refractivity contribution in [2.24, 2.45) is 5.73 Å². The molecule has 0 aromatic carbocycles. The summed E-state index contributed by atoms with van der Waals surface area (Å²) in [5.41, 5.74) is 5.59. The minimum absolute atomic E-state index is 0.144. The van der Waals surface area contributed by atoms with Gasteiger partial charge in [0.05, 0.1) is 0 Å². The molecule has 0 unspecified atom stereocenters. The molecule has 62 valence electrons. The van der Waals surface area contributed by atoms with Crippen LogP contribution in [0.3, 0.4) is 0 Å². The third-order valence-corrected chi connectivity index (χ3v) is 2.86. The fourth-order valence-electron chi connectivity index (χ4n) is 0.959. The van der Waals surface area contributed by atoms with E-state index in [9.17, 15) is 0 Å². The van der Waals surface area contributed by atoms with Gasteiger partial charge < -0.3 is 10.8 Å². The van der Waals surface area contributed by atoms with Crippen LogP contribution in [-0.4, -0.2) is 11.7 Å². The van der Waals surface area contributed by atoms with Gasteiger partial charge in [-0.05, 0) is 24.8 Å². The Hall–Kier alpha value is -0.380. The van der Waals surface area contributed by atoms with Crippen LogP contribution in [0, 0.1) is 0 Å².